The van der Waals surface area contributed by atoms with E-state index in [1.807, 2.05) is 0 Å². The second kappa shape index (κ2) is 4.66. The lowest BCUT2D eigenvalue weighted by atomic mass is 9.80. The Morgan fingerprint density at radius 1 is 1.00 bits per heavy atom. The third kappa shape index (κ3) is 2.02. The molecule has 0 aromatic rings. The van der Waals surface area contributed by atoms with Crippen LogP contribution in [0.2, 0.25) is 0 Å². The van der Waals surface area contributed by atoms with Crippen molar-refractivity contribution in [2.45, 2.75) is 57.0 Å². The molecule has 2 nitrogen and oxygen atoms in total. The third-order valence-electron chi connectivity index (χ3n) is 5.40. The highest BCUT2D eigenvalue weighted by atomic mass is 15.2. The first-order valence-electron chi connectivity index (χ1n) is 7.27. The maximum Gasteiger partial charge on any atom is 0.0124 e. The van der Waals surface area contributed by atoms with E-state index in [1.165, 1.54) is 58.0 Å². The molecule has 2 bridgehead atoms. The molecule has 2 heteroatoms. The van der Waals surface area contributed by atoms with E-state index in [4.69, 9.17) is 0 Å². The van der Waals surface area contributed by atoms with Crippen molar-refractivity contribution in [1.82, 2.24) is 10.2 Å². The molecule has 0 radical (unpaired) electrons. The van der Waals surface area contributed by atoms with Crippen LogP contribution in [-0.2, 0) is 0 Å². The van der Waals surface area contributed by atoms with Gasteiger partial charge in [-0.05, 0) is 76.9 Å². The van der Waals surface area contributed by atoms with E-state index in [0.717, 1.165) is 23.9 Å². The van der Waals surface area contributed by atoms with E-state index in [0.29, 0.717) is 0 Å². The average molecular weight is 222 g/mol. The second-order valence-electron chi connectivity index (χ2n) is 6.23. The number of piperidine rings is 2. The molecule has 16 heavy (non-hydrogen) atoms. The summed E-state index contributed by atoms with van der Waals surface area (Å²) in [4.78, 5) is 2.70. The van der Waals surface area contributed by atoms with Crippen molar-refractivity contribution in [3.8, 4) is 0 Å². The lowest BCUT2D eigenvalue weighted by Crippen LogP contribution is -2.43. The van der Waals surface area contributed by atoms with Crippen molar-refractivity contribution in [2.24, 2.45) is 11.8 Å². The normalized spacial score (nSPS) is 41.4. The summed E-state index contributed by atoms with van der Waals surface area (Å²) >= 11 is 0. The van der Waals surface area contributed by atoms with Gasteiger partial charge in [-0.25, -0.2) is 0 Å². The van der Waals surface area contributed by atoms with Crippen LogP contribution >= 0.6 is 0 Å². The Kier molecular flexibility index (Phi) is 3.21. The predicted molar refractivity (Wildman–Crippen MR) is 67.5 cm³/mol. The van der Waals surface area contributed by atoms with Crippen molar-refractivity contribution in [2.75, 3.05) is 20.1 Å². The van der Waals surface area contributed by atoms with Gasteiger partial charge < -0.3 is 10.2 Å². The van der Waals surface area contributed by atoms with Crippen molar-refractivity contribution < 1.29 is 0 Å². The molecule has 3 atom stereocenters. The fraction of sp³-hybridized carbons (Fsp3) is 1.00. The molecule has 0 spiro atoms. The third-order valence-corrected chi connectivity index (χ3v) is 5.40. The highest BCUT2D eigenvalue weighted by Gasteiger charge is 2.40. The highest BCUT2D eigenvalue weighted by molar-refractivity contribution is 4.95. The molecule has 3 aliphatic heterocycles. The van der Waals surface area contributed by atoms with E-state index in [2.05, 4.69) is 17.3 Å². The summed E-state index contributed by atoms with van der Waals surface area (Å²) in [6.45, 7) is 2.53. The number of hydrogen-bond acceptors (Lipinski definition) is 2. The molecule has 3 unspecified atom stereocenters. The Bertz CT molecular complexity index is 235. The van der Waals surface area contributed by atoms with E-state index in [-0.39, 0.29) is 0 Å². The summed E-state index contributed by atoms with van der Waals surface area (Å²) < 4.78 is 0. The highest BCUT2D eigenvalue weighted by Crippen LogP contribution is 2.41. The molecule has 3 fully saturated rings. The lowest BCUT2D eigenvalue weighted by molar-refractivity contribution is 0.0994. The molecule has 3 saturated heterocycles. The zero-order valence-corrected chi connectivity index (χ0v) is 10.6. The van der Waals surface area contributed by atoms with Gasteiger partial charge in [0.2, 0.25) is 0 Å². The Balaban J connectivity index is 1.57. The zero-order valence-electron chi connectivity index (χ0n) is 10.6. The maximum atomic E-state index is 3.48. The van der Waals surface area contributed by atoms with Gasteiger partial charge in [0.1, 0.15) is 0 Å². The standard InChI is InChI=1S/C14H26N2/c1-16-13-3-2-12(14(16)5-4-13)10-11-6-8-15-9-7-11/h11-15H,2-10H2,1H3. The largest absolute Gasteiger partial charge is 0.317 e. The van der Waals surface area contributed by atoms with Crippen LogP contribution in [0.4, 0.5) is 0 Å². The molecule has 0 aromatic carbocycles. The summed E-state index contributed by atoms with van der Waals surface area (Å²) in [5, 5.41) is 3.48. The number of nitrogens with zero attached hydrogens (tertiary/aromatic N) is 1. The number of hydrogen-bond donors (Lipinski definition) is 1. The van der Waals surface area contributed by atoms with Crippen LogP contribution in [0.25, 0.3) is 0 Å². The summed E-state index contributed by atoms with van der Waals surface area (Å²) in [6, 6.07) is 1.88. The van der Waals surface area contributed by atoms with Gasteiger partial charge in [-0.2, -0.15) is 0 Å². The Morgan fingerprint density at radius 3 is 2.56 bits per heavy atom. The lowest BCUT2D eigenvalue weighted by Gasteiger charge is -2.39. The molecular formula is C14H26N2. The Hall–Kier alpha value is -0.0800. The van der Waals surface area contributed by atoms with Crippen LogP contribution in [-0.4, -0.2) is 37.1 Å². The molecule has 0 saturated carbocycles. The molecule has 92 valence electrons. The quantitative estimate of drug-likeness (QED) is 0.771. The molecule has 0 aromatic heterocycles. The second-order valence-corrected chi connectivity index (χ2v) is 6.23. The van der Waals surface area contributed by atoms with Crippen LogP contribution < -0.4 is 5.32 Å². The van der Waals surface area contributed by atoms with Crippen LogP contribution in [0.15, 0.2) is 0 Å². The van der Waals surface area contributed by atoms with Gasteiger partial charge in [0.05, 0.1) is 0 Å². The van der Waals surface area contributed by atoms with Gasteiger partial charge in [0.15, 0.2) is 0 Å². The fourth-order valence-corrected chi connectivity index (χ4v) is 4.38. The first-order chi connectivity index (χ1) is 7.84. The van der Waals surface area contributed by atoms with Crippen LogP contribution in [0.1, 0.15) is 44.9 Å². The van der Waals surface area contributed by atoms with Gasteiger partial charge >= 0.3 is 0 Å². The average Bonchev–Trinajstić information content (AvgIpc) is 2.55. The summed E-state index contributed by atoms with van der Waals surface area (Å²) in [6.07, 6.45) is 10.3. The first-order valence-corrected chi connectivity index (χ1v) is 7.27. The van der Waals surface area contributed by atoms with Crippen LogP contribution in [0.3, 0.4) is 0 Å². The van der Waals surface area contributed by atoms with Crippen LogP contribution in [0.5, 0.6) is 0 Å². The molecular weight excluding hydrogens is 196 g/mol. The van der Waals surface area contributed by atoms with Gasteiger partial charge in [-0.1, -0.05) is 0 Å². The number of nitrogens with one attached hydrogen (secondary N) is 1. The first kappa shape index (κ1) is 11.0. The van der Waals surface area contributed by atoms with Gasteiger partial charge in [0, 0.05) is 12.1 Å². The molecule has 3 aliphatic rings. The number of fused-ring (bicyclic) bond motifs is 2. The summed E-state index contributed by atoms with van der Waals surface area (Å²) in [5.74, 6) is 2.05. The maximum absolute atomic E-state index is 3.48. The topological polar surface area (TPSA) is 15.3 Å². The van der Waals surface area contributed by atoms with Crippen molar-refractivity contribution in [1.29, 1.82) is 0 Å². The van der Waals surface area contributed by atoms with Crippen LogP contribution in [0, 0.1) is 11.8 Å². The van der Waals surface area contributed by atoms with E-state index < -0.39 is 0 Å². The zero-order chi connectivity index (χ0) is 11.0. The molecule has 1 N–H and O–H groups in total. The van der Waals surface area contributed by atoms with Crippen molar-refractivity contribution in [3.05, 3.63) is 0 Å². The SMILES string of the molecule is CN1C2CCC(CC3CCNCC3)C1CC2. The molecule has 0 aliphatic carbocycles. The van der Waals surface area contributed by atoms with Gasteiger partial charge in [-0.3, -0.25) is 0 Å². The van der Waals surface area contributed by atoms with Crippen molar-refractivity contribution >= 4 is 0 Å². The minimum absolute atomic E-state index is 0.939. The van der Waals surface area contributed by atoms with E-state index >= 15 is 0 Å². The summed E-state index contributed by atoms with van der Waals surface area (Å²) in [7, 11) is 2.37. The smallest absolute Gasteiger partial charge is 0.0124 e. The fourth-order valence-electron chi connectivity index (χ4n) is 4.38. The minimum Gasteiger partial charge on any atom is -0.317 e. The number of rotatable bonds is 2. The predicted octanol–water partition coefficient (Wildman–Crippen LogP) is 2.25. The summed E-state index contributed by atoms with van der Waals surface area (Å²) in [5.41, 5.74) is 0. The van der Waals surface area contributed by atoms with E-state index in [1.54, 1.807) is 0 Å². The molecule has 0 amide bonds. The van der Waals surface area contributed by atoms with Gasteiger partial charge in [-0.15, -0.1) is 0 Å². The monoisotopic (exact) mass is 222 g/mol. The molecule has 3 rings (SSSR count). The Morgan fingerprint density at radius 2 is 1.75 bits per heavy atom. The molecule has 3 heterocycles. The van der Waals surface area contributed by atoms with Crippen molar-refractivity contribution in [3.63, 3.8) is 0 Å². The van der Waals surface area contributed by atoms with Gasteiger partial charge in [0.25, 0.3) is 0 Å². The Labute approximate surface area is 99.8 Å². The van der Waals surface area contributed by atoms with E-state index in [9.17, 15) is 0 Å². The minimum atomic E-state index is 0.939.